The lowest BCUT2D eigenvalue weighted by molar-refractivity contribution is -0.141. The van der Waals surface area contributed by atoms with Crippen molar-refractivity contribution < 1.29 is 28.6 Å². The standard InChI is InChI=1S/C26H30N4O6/c1-16(25(32)34-2)28-19-13-20-21(29-24(31)18-10-12-36-15-18)22(26(33)35-3)30(23(20)27-14-19)11-9-17-7-5-4-6-8-17/h4-8,13-14,16,18,28H,9-12,15H2,1-3H3,(H,29,31)/t16-,18+/m0/s1. The van der Waals surface area contributed by atoms with E-state index in [1.165, 1.54) is 14.2 Å². The monoisotopic (exact) mass is 494 g/mol. The second-order valence-corrected chi connectivity index (χ2v) is 8.64. The van der Waals surface area contributed by atoms with E-state index in [0.717, 1.165) is 5.56 Å². The maximum absolute atomic E-state index is 13.1. The predicted molar refractivity (Wildman–Crippen MR) is 134 cm³/mol. The van der Waals surface area contributed by atoms with Crippen LogP contribution in [-0.4, -0.2) is 60.9 Å². The molecule has 2 N–H and O–H groups in total. The molecule has 1 aromatic carbocycles. The van der Waals surface area contributed by atoms with Gasteiger partial charge in [0.2, 0.25) is 5.91 Å². The Morgan fingerprint density at radius 2 is 1.97 bits per heavy atom. The number of rotatable bonds is 9. The van der Waals surface area contributed by atoms with Gasteiger partial charge in [0.15, 0.2) is 5.69 Å². The molecule has 0 radical (unpaired) electrons. The number of benzene rings is 1. The second kappa shape index (κ2) is 11.2. The molecule has 10 heteroatoms. The largest absolute Gasteiger partial charge is 0.467 e. The molecule has 0 saturated carbocycles. The van der Waals surface area contributed by atoms with E-state index in [0.29, 0.717) is 55.0 Å². The Labute approximate surface area is 208 Å². The number of hydrogen-bond donors (Lipinski definition) is 2. The normalized spacial score (nSPS) is 15.9. The fourth-order valence-electron chi connectivity index (χ4n) is 4.29. The third kappa shape index (κ3) is 5.33. The smallest absolute Gasteiger partial charge is 0.356 e. The van der Waals surface area contributed by atoms with Gasteiger partial charge in [-0.2, -0.15) is 0 Å². The molecule has 3 aromatic rings. The zero-order valence-corrected chi connectivity index (χ0v) is 20.6. The summed E-state index contributed by atoms with van der Waals surface area (Å²) in [6.07, 6.45) is 2.82. The Morgan fingerprint density at radius 1 is 1.19 bits per heavy atom. The molecule has 2 atom stereocenters. The lowest BCUT2D eigenvalue weighted by atomic mass is 10.1. The molecule has 36 heavy (non-hydrogen) atoms. The van der Waals surface area contributed by atoms with E-state index in [1.807, 2.05) is 30.3 Å². The van der Waals surface area contributed by atoms with E-state index in [2.05, 4.69) is 15.6 Å². The lowest BCUT2D eigenvalue weighted by Gasteiger charge is -2.13. The Kier molecular flexibility index (Phi) is 7.84. The number of hydrogen-bond acceptors (Lipinski definition) is 8. The first kappa shape index (κ1) is 25.2. The average Bonchev–Trinajstić information content (AvgIpc) is 3.54. The Balaban J connectivity index is 1.79. The quantitative estimate of drug-likeness (QED) is 0.436. The summed E-state index contributed by atoms with van der Waals surface area (Å²) in [6, 6.07) is 11.0. The van der Waals surface area contributed by atoms with Crippen molar-refractivity contribution in [1.82, 2.24) is 9.55 Å². The first-order valence-corrected chi connectivity index (χ1v) is 11.8. The number of carbonyl (C=O) groups is 3. The van der Waals surface area contributed by atoms with Crippen molar-refractivity contribution in [2.75, 3.05) is 38.1 Å². The Hall–Kier alpha value is -3.92. The lowest BCUT2D eigenvalue weighted by Crippen LogP contribution is -2.27. The number of nitrogens with one attached hydrogen (secondary N) is 2. The molecule has 0 aliphatic carbocycles. The molecular weight excluding hydrogens is 464 g/mol. The molecule has 0 bridgehead atoms. The van der Waals surface area contributed by atoms with Crippen LogP contribution in [0.4, 0.5) is 11.4 Å². The van der Waals surface area contributed by atoms with Crippen molar-refractivity contribution in [1.29, 1.82) is 0 Å². The first-order valence-electron chi connectivity index (χ1n) is 11.8. The van der Waals surface area contributed by atoms with Crippen LogP contribution >= 0.6 is 0 Å². The van der Waals surface area contributed by atoms with Gasteiger partial charge in [-0.15, -0.1) is 0 Å². The molecule has 1 aliphatic rings. The van der Waals surface area contributed by atoms with Gasteiger partial charge in [-0.25, -0.2) is 14.6 Å². The van der Waals surface area contributed by atoms with Crippen molar-refractivity contribution in [3.8, 4) is 0 Å². The van der Waals surface area contributed by atoms with Crippen LogP contribution in [-0.2, 0) is 36.8 Å². The summed E-state index contributed by atoms with van der Waals surface area (Å²) in [5, 5.41) is 6.55. The fourth-order valence-corrected chi connectivity index (χ4v) is 4.29. The molecule has 2 aromatic heterocycles. The maximum atomic E-state index is 13.1. The van der Waals surface area contributed by atoms with Crippen LogP contribution in [0.5, 0.6) is 0 Å². The van der Waals surface area contributed by atoms with Gasteiger partial charge in [0.05, 0.1) is 44.3 Å². The summed E-state index contributed by atoms with van der Waals surface area (Å²) in [5.74, 6) is -1.56. The van der Waals surface area contributed by atoms with E-state index in [-0.39, 0.29) is 17.5 Å². The van der Waals surface area contributed by atoms with Gasteiger partial charge in [0.1, 0.15) is 11.7 Å². The molecule has 190 valence electrons. The minimum absolute atomic E-state index is 0.210. The van der Waals surface area contributed by atoms with Crippen molar-refractivity contribution in [2.24, 2.45) is 5.92 Å². The van der Waals surface area contributed by atoms with Crippen LogP contribution in [0, 0.1) is 5.92 Å². The first-order chi connectivity index (χ1) is 17.4. The number of aromatic nitrogens is 2. The third-order valence-corrected chi connectivity index (χ3v) is 6.23. The number of amides is 1. The highest BCUT2D eigenvalue weighted by atomic mass is 16.5. The summed E-state index contributed by atoms with van der Waals surface area (Å²) in [4.78, 5) is 42.6. The average molecular weight is 495 g/mol. The molecule has 1 saturated heterocycles. The zero-order chi connectivity index (χ0) is 25.7. The number of aryl methyl sites for hydroxylation is 2. The number of ether oxygens (including phenoxy) is 3. The van der Waals surface area contributed by atoms with Crippen molar-refractivity contribution in [3.63, 3.8) is 0 Å². The minimum Gasteiger partial charge on any atom is -0.467 e. The molecule has 0 spiro atoms. The van der Waals surface area contributed by atoms with Crippen LogP contribution in [0.1, 0.15) is 29.4 Å². The Bertz CT molecular complexity index is 1250. The number of fused-ring (bicyclic) bond motifs is 1. The van der Waals surface area contributed by atoms with Crippen LogP contribution < -0.4 is 10.6 Å². The molecule has 10 nitrogen and oxygen atoms in total. The highest BCUT2D eigenvalue weighted by molar-refractivity contribution is 6.11. The van der Waals surface area contributed by atoms with E-state index < -0.39 is 18.0 Å². The topological polar surface area (TPSA) is 121 Å². The highest BCUT2D eigenvalue weighted by Crippen LogP contribution is 2.34. The van der Waals surface area contributed by atoms with Gasteiger partial charge in [-0.05, 0) is 31.4 Å². The third-order valence-electron chi connectivity index (χ3n) is 6.23. The number of esters is 2. The molecule has 1 fully saturated rings. The van der Waals surface area contributed by atoms with Crippen molar-refractivity contribution in [3.05, 3.63) is 53.9 Å². The summed E-state index contributed by atoms with van der Waals surface area (Å²) in [7, 11) is 2.62. The van der Waals surface area contributed by atoms with Crippen LogP contribution in [0.15, 0.2) is 42.6 Å². The predicted octanol–water partition coefficient (Wildman–Crippen LogP) is 3.01. The van der Waals surface area contributed by atoms with Gasteiger partial charge < -0.3 is 29.4 Å². The number of pyridine rings is 1. The van der Waals surface area contributed by atoms with Crippen molar-refractivity contribution >= 4 is 40.3 Å². The highest BCUT2D eigenvalue weighted by Gasteiger charge is 2.30. The number of carbonyl (C=O) groups excluding carboxylic acids is 3. The summed E-state index contributed by atoms with van der Waals surface area (Å²) in [5.41, 5.74) is 2.68. The van der Waals surface area contributed by atoms with Gasteiger partial charge >= 0.3 is 11.9 Å². The molecule has 3 heterocycles. The SMILES string of the molecule is COC(=O)c1c(NC(=O)[C@@H]2CCOC2)c2cc(N[C@@H](C)C(=O)OC)cnc2n1CCc1ccccc1. The van der Waals surface area contributed by atoms with Gasteiger partial charge in [0, 0.05) is 18.5 Å². The van der Waals surface area contributed by atoms with E-state index in [9.17, 15) is 14.4 Å². The van der Waals surface area contributed by atoms with Crippen molar-refractivity contribution in [2.45, 2.75) is 32.4 Å². The van der Waals surface area contributed by atoms with Crippen LogP contribution in [0.25, 0.3) is 11.0 Å². The molecule has 4 rings (SSSR count). The van der Waals surface area contributed by atoms with Crippen LogP contribution in [0.3, 0.4) is 0 Å². The number of nitrogens with zero attached hydrogens (tertiary/aromatic N) is 2. The molecule has 0 unspecified atom stereocenters. The van der Waals surface area contributed by atoms with E-state index >= 15 is 0 Å². The number of anilines is 2. The van der Waals surface area contributed by atoms with E-state index in [1.54, 1.807) is 23.8 Å². The maximum Gasteiger partial charge on any atom is 0.356 e. The van der Waals surface area contributed by atoms with E-state index in [4.69, 9.17) is 14.2 Å². The summed E-state index contributed by atoms with van der Waals surface area (Å²) in [6.45, 7) is 2.95. The zero-order valence-electron chi connectivity index (χ0n) is 20.6. The molecule has 1 amide bonds. The second-order valence-electron chi connectivity index (χ2n) is 8.64. The van der Waals surface area contributed by atoms with Gasteiger partial charge in [-0.1, -0.05) is 30.3 Å². The summed E-state index contributed by atoms with van der Waals surface area (Å²) >= 11 is 0. The van der Waals surface area contributed by atoms with Crippen LogP contribution in [0.2, 0.25) is 0 Å². The van der Waals surface area contributed by atoms with Gasteiger partial charge in [0.25, 0.3) is 0 Å². The number of methoxy groups -OCH3 is 2. The Morgan fingerprint density at radius 3 is 2.64 bits per heavy atom. The molecular formula is C26H30N4O6. The fraction of sp³-hybridized carbons (Fsp3) is 0.385. The summed E-state index contributed by atoms with van der Waals surface area (Å²) < 4.78 is 17.0. The minimum atomic E-state index is -0.622. The van der Waals surface area contributed by atoms with Gasteiger partial charge in [-0.3, -0.25) is 4.79 Å². The molecule has 1 aliphatic heterocycles.